The van der Waals surface area contributed by atoms with E-state index < -0.39 is 0 Å². The minimum Gasteiger partial charge on any atom is -0.490 e. The van der Waals surface area contributed by atoms with Gasteiger partial charge in [-0.25, -0.2) is 0 Å². The third-order valence-electron chi connectivity index (χ3n) is 1.78. The zero-order valence-corrected chi connectivity index (χ0v) is 9.60. The van der Waals surface area contributed by atoms with Crippen LogP contribution in [0.4, 0.5) is 5.69 Å². The summed E-state index contributed by atoms with van der Waals surface area (Å²) in [6.07, 6.45) is 0. The number of anilines is 1. The molecule has 0 unspecified atom stereocenters. The van der Waals surface area contributed by atoms with Crippen LogP contribution in [0.15, 0.2) is 18.2 Å². The van der Waals surface area contributed by atoms with Crippen molar-refractivity contribution in [2.45, 2.75) is 13.8 Å². The highest BCUT2D eigenvalue weighted by atomic mass is 35.5. The molecule has 1 rings (SSSR count). The van der Waals surface area contributed by atoms with Gasteiger partial charge < -0.3 is 10.1 Å². The molecule has 0 aliphatic rings. The number of carbonyl (C=O) groups is 1. The molecule has 82 valence electrons. The van der Waals surface area contributed by atoms with Crippen molar-refractivity contribution < 1.29 is 9.53 Å². The van der Waals surface area contributed by atoms with Crippen molar-refractivity contribution in [1.29, 1.82) is 0 Å². The minimum atomic E-state index is -0.115. The number of alkyl halides is 1. The van der Waals surface area contributed by atoms with Gasteiger partial charge in [-0.1, -0.05) is 6.07 Å². The van der Waals surface area contributed by atoms with Gasteiger partial charge in [0, 0.05) is 6.92 Å². The fraction of sp³-hybridized carbons (Fsp3) is 0.364. The van der Waals surface area contributed by atoms with Crippen LogP contribution in [0.2, 0.25) is 0 Å². The molecule has 0 spiro atoms. The van der Waals surface area contributed by atoms with E-state index in [0.29, 0.717) is 23.9 Å². The highest BCUT2D eigenvalue weighted by Crippen LogP contribution is 2.25. The summed E-state index contributed by atoms with van der Waals surface area (Å²) < 4.78 is 5.40. The lowest BCUT2D eigenvalue weighted by Crippen LogP contribution is -2.09. The first-order valence-electron chi connectivity index (χ1n) is 4.70. The van der Waals surface area contributed by atoms with Gasteiger partial charge in [0.1, 0.15) is 12.4 Å². The van der Waals surface area contributed by atoms with Gasteiger partial charge in [-0.05, 0) is 24.6 Å². The molecule has 0 saturated carbocycles. The molecular formula is C11H14ClNO2. The van der Waals surface area contributed by atoms with E-state index in [4.69, 9.17) is 16.3 Å². The average molecular weight is 228 g/mol. The number of aryl methyl sites for hydroxylation is 1. The molecule has 0 atom stereocenters. The first kappa shape index (κ1) is 11.9. The molecule has 0 heterocycles. The molecule has 1 amide bonds. The molecule has 4 heteroatoms. The molecule has 0 aliphatic heterocycles. The van der Waals surface area contributed by atoms with Crippen LogP contribution in [0.1, 0.15) is 12.5 Å². The van der Waals surface area contributed by atoms with Crippen LogP contribution >= 0.6 is 11.6 Å². The third-order valence-corrected chi connectivity index (χ3v) is 1.93. The lowest BCUT2D eigenvalue weighted by molar-refractivity contribution is -0.114. The van der Waals surface area contributed by atoms with Gasteiger partial charge >= 0.3 is 0 Å². The van der Waals surface area contributed by atoms with Gasteiger partial charge in [-0.2, -0.15) is 0 Å². The zero-order chi connectivity index (χ0) is 11.3. The largest absolute Gasteiger partial charge is 0.490 e. The summed E-state index contributed by atoms with van der Waals surface area (Å²) in [5.41, 5.74) is 1.75. The highest BCUT2D eigenvalue weighted by molar-refractivity contribution is 6.18. The second-order valence-electron chi connectivity index (χ2n) is 3.22. The maximum Gasteiger partial charge on any atom is 0.221 e. The Hall–Kier alpha value is -1.22. The van der Waals surface area contributed by atoms with Gasteiger partial charge in [0.15, 0.2) is 0 Å². The number of amides is 1. The first-order chi connectivity index (χ1) is 7.13. The molecule has 1 aromatic rings. The Balaban J connectivity index is 2.87. The molecule has 0 radical (unpaired) electrons. The van der Waals surface area contributed by atoms with E-state index in [1.54, 1.807) is 0 Å². The van der Waals surface area contributed by atoms with Crippen LogP contribution in [0.5, 0.6) is 5.75 Å². The Kier molecular flexibility index (Phi) is 4.43. The smallest absolute Gasteiger partial charge is 0.221 e. The topological polar surface area (TPSA) is 38.3 Å². The van der Waals surface area contributed by atoms with E-state index in [1.807, 2.05) is 25.1 Å². The number of halogens is 1. The van der Waals surface area contributed by atoms with E-state index in [-0.39, 0.29) is 5.91 Å². The van der Waals surface area contributed by atoms with Crippen LogP contribution in [-0.4, -0.2) is 18.4 Å². The number of nitrogens with one attached hydrogen (secondary N) is 1. The Bertz CT molecular complexity index is 352. The van der Waals surface area contributed by atoms with E-state index in [2.05, 4.69) is 5.32 Å². The third kappa shape index (κ3) is 3.80. The Morgan fingerprint density at radius 3 is 2.87 bits per heavy atom. The van der Waals surface area contributed by atoms with Crippen molar-refractivity contribution in [2.75, 3.05) is 17.8 Å². The van der Waals surface area contributed by atoms with Crippen molar-refractivity contribution in [3.05, 3.63) is 23.8 Å². The Morgan fingerprint density at radius 2 is 2.27 bits per heavy atom. The normalized spacial score (nSPS) is 9.80. The predicted molar refractivity (Wildman–Crippen MR) is 61.7 cm³/mol. The van der Waals surface area contributed by atoms with E-state index in [1.165, 1.54) is 6.92 Å². The van der Waals surface area contributed by atoms with Crippen molar-refractivity contribution in [3.8, 4) is 5.75 Å². The van der Waals surface area contributed by atoms with Gasteiger partial charge in [0.05, 0.1) is 11.6 Å². The van der Waals surface area contributed by atoms with Crippen LogP contribution < -0.4 is 10.1 Å². The summed E-state index contributed by atoms with van der Waals surface area (Å²) in [6.45, 7) is 3.85. The summed E-state index contributed by atoms with van der Waals surface area (Å²) >= 11 is 5.53. The zero-order valence-electron chi connectivity index (χ0n) is 8.84. The maximum atomic E-state index is 11.0. The lowest BCUT2D eigenvalue weighted by atomic mass is 10.2. The molecule has 1 aromatic carbocycles. The fourth-order valence-corrected chi connectivity index (χ4v) is 1.28. The number of hydrogen-bond donors (Lipinski definition) is 1. The molecule has 3 nitrogen and oxygen atoms in total. The second kappa shape index (κ2) is 5.61. The Labute approximate surface area is 94.4 Å². The quantitative estimate of drug-likeness (QED) is 0.803. The number of rotatable bonds is 4. The second-order valence-corrected chi connectivity index (χ2v) is 3.60. The van der Waals surface area contributed by atoms with Crippen LogP contribution in [0, 0.1) is 6.92 Å². The number of hydrogen-bond acceptors (Lipinski definition) is 2. The molecule has 0 fully saturated rings. The van der Waals surface area contributed by atoms with Crippen LogP contribution in [0.3, 0.4) is 0 Å². The molecule has 0 bridgehead atoms. The first-order valence-corrected chi connectivity index (χ1v) is 5.24. The van der Waals surface area contributed by atoms with E-state index in [0.717, 1.165) is 5.56 Å². The van der Waals surface area contributed by atoms with Gasteiger partial charge in [-0.3, -0.25) is 4.79 Å². The van der Waals surface area contributed by atoms with Gasteiger partial charge in [0.25, 0.3) is 0 Å². The van der Waals surface area contributed by atoms with Crippen molar-refractivity contribution in [2.24, 2.45) is 0 Å². The Morgan fingerprint density at radius 1 is 1.53 bits per heavy atom. The molecular weight excluding hydrogens is 214 g/mol. The number of ether oxygens (including phenoxy) is 1. The summed E-state index contributed by atoms with van der Waals surface area (Å²) in [5.74, 6) is 0.959. The molecule has 1 N–H and O–H groups in total. The van der Waals surface area contributed by atoms with E-state index >= 15 is 0 Å². The predicted octanol–water partition coefficient (Wildman–Crippen LogP) is 2.57. The van der Waals surface area contributed by atoms with Crippen LogP contribution in [-0.2, 0) is 4.79 Å². The monoisotopic (exact) mass is 227 g/mol. The van der Waals surface area contributed by atoms with Gasteiger partial charge in [-0.15, -0.1) is 11.6 Å². The maximum absolute atomic E-state index is 11.0. The van der Waals surface area contributed by atoms with Crippen molar-refractivity contribution in [3.63, 3.8) is 0 Å². The summed E-state index contributed by atoms with van der Waals surface area (Å²) in [4.78, 5) is 11.0. The highest BCUT2D eigenvalue weighted by Gasteiger charge is 2.05. The summed E-state index contributed by atoms with van der Waals surface area (Å²) in [5, 5.41) is 2.72. The molecule has 15 heavy (non-hydrogen) atoms. The molecule has 0 saturated heterocycles. The van der Waals surface area contributed by atoms with Crippen LogP contribution in [0.25, 0.3) is 0 Å². The summed E-state index contributed by atoms with van der Waals surface area (Å²) in [6, 6.07) is 5.62. The van der Waals surface area contributed by atoms with Crippen molar-refractivity contribution in [1.82, 2.24) is 0 Å². The lowest BCUT2D eigenvalue weighted by Gasteiger charge is -2.11. The summed E-state index contributed by atoms with van der Waals surface area (Å²) in [7, 11) is 0. The van der Waals surface area contributed by atoms with E-state index in [9.17, 15) is 4.79 Å². The standard InChI is InChI=1S/C11H14ClNO2/c1-8-3-4-11(15-6-5-12)10(7-8)13-9(2)14/h3-4,7H,5-6H2,1-2H3,(H,13,14). The van der Waals surface area contributed by atoms with Gasteiger partial charge in [0.2, 0.25) is 5.91 Å². The van der Waals surface area contributed by atoms with Crippen molar-refractivity contribution >= 4 is 23.2 Å². The minimum absolute atomic E-state index is 0.115. The number of benzene rings is 1. The SMILES string of the molecule is CC(=O)Nc1cc(C)ccc1OCCCl. The molecule has 0 aliphatic carbocycles. The average Bonchev–Trinajstić information content (AvgIpc) is 2.16. The fourth-order valence-electron chi connectivity index (χ4n) is 1.21. The number of carbonyl (C=O) groups excluding carboxylic acids is 1. The molecule has 0 aromatic heterocycles.